The molecule has 0 bridgehead atoms. The molecule has 4 rings (SSSR count). The summed E-state index contributed by atoms with van der Waals surface area (Å²) in [5.41, 5.74) is 3.79. The van der Waals surface area contributed by atoms with E-state index in [4.69, 9.17) is 4.74 Å². The van der Waals surface area contributed by atoms with E-state index in [1.165, 1.54) is 22.2 Å². The van der Waals surface area contributed by atoms with E-state index in [0.29, 0.717) is 10.2 Å². The molecule has 0 aliphatic rings. The van der Waals surface area contributed by atoms with Gasteiger partial charge in [0.2, 0.25) is 0 Å². The topological polar surface area (TPSA) is 61.2 Å². The second-order valence-electron chi connectivity index (χ2n) is 6.99. The third kappa shape index (κ3) is 3.98. The molecule has 0 atom stereocenters. The number of aromatic nitrogens is 2. The molecule has 5 nitrogen and oxygen atoms in total. The van der Waals surface area contributed by atoms with Gasteiger partial charge in [-0.3, -0.25) is 14.2 Å². The number of esters is 1. The Morgan fingerprint density at radius 3 is 2.38 bits per heavy atom. The molecule has 0 fully saturated rings. The number of hydrogen-bond acceptors (Lipinski definition) is 5. The summed E-state index contributed by atoms with van der Waals surface area (Å²) < 4.78 is 6.46. The largest absolute Gasteiger partial charge is 0.462 e. The maximum atomic E-state index is 13.0. The molecule has 0 radical (unpaired) electrons. The van der Waals surface area contributed by atoms with Gasteiger partial charge in [-0.15, -0.1) is 11.3 Å². The summed E-state index contributed by atoms with van der Waals surface area (Å²) >= 11 is 1.42. The summed E-state index contributed by atoms with van der Waals surface area (Å²) in [7, 11) is 0. The Morgan fingerprint density at radius 2 is 1.69 bits per heavy atom. The number of fused-ring (bicyclic) bond motifs is 1. The quantitative estimate of drug-likeness (QED) is 0.451. The Balaban J connectivity index is 1.70. The van der Waals surface area contributed by atoms with Crippen LogP contribution >= 0.6 is 11.3 Å². The number of carbonyl (C=O) groups is 1. The number of rotatable bonds is 5. The first kappa shape index (κ1) is 19.1. The lowest BCUT2D eigenvalue weighted by Crippen LogP contribution is -2.26. The van der Waals surface area contributed by atoms with Crippen molar-refractivity contribution in [3.63, 3.8) is 0 Å². The first-order chi connectivity index (χ1) is 14.0. The van der Waals surface area contributed by atoms with Crippen molar-refractivity contribution < 1.29 is 9.53 Å². The van der Waals surface area contributed by atoms with Gasteiger partial charge in [0.25, 0.3) is 5.56 Å². The van der Waals surface area contributed by atoms with Crippen LogP contribution in [0.5, 0.6) is 0 Å². The van der Waals surface area contributed by atoms with Crippen LogP contribution in [0.2, 0.25) is 0 Å². The molecule has 146 valence electrons. The standard InChI is InChI=1S/C23H20N2O3S/c1-15(2)28-20(26)12-25-14-24-22-21(23(25)27)19(13-29-22)18-10-8-17(9-11-18)16-6-4-3-5-7-16/h3-11,13-15H,12H2,1-2H3. The van der Waals surface area contributed by atoms with Crippen LogP contribution in [0.3, 0.4) is 0 Å². The van der Waals surface area contributed by atoms with Crippen molar-refractivity contribution in [1.82, 2.24) is 9.55 Å². The van der Waals surface area contributed by atoms with Crippen molar-refractivity contribution in [2.45, 2.75) is 26.5 Å². The van der Waals surface area contributed by atoms with Gasteiger partial charge in [-0.1, -0.05) is 54.6 Å². The fraction of sp³-hybridized carbons (Fsp3) is 0.174. The summed E-state index contributed by atoms with van der Waals surface area (Å²) in [4.78, 5) is 30.0. The molecule has 6 heteroatoms. The maximum absolute atomic E-state index is 13.0. The minimum Gasteiger partial charge on any atom is -0.462 e. The van der Waals surface area contributed by atoms with Crippen molar-refractivity contribution in [3.8, 4) is 22.3 Å². The Kier molecular flexibility index (Phi) is 5.27. The highest BCUT2D eigenvalue weighted by atomic mass is 32.1. The molecule has 0 spiro atoms. The van der Waals surface area contributed by atoms with E-state index in [-0.39, 0.29) is 18.2 Å². The van der Waals surface area contributed by atoms with Gasteiger partial charge < -0.3 is 4.74 Å². The number of benzene rings is 2. The highest BCUT2D eigenvalue weighted by molar-refractivity contribution is 7.17. The maximum Gasteiger partial charge on any atom is 0.326 e. The van der Waals surface area contributed by atoms with Crippen molar-refractivity contribution in [1.29, 1.82) is 0 Å². The Hall–Kier alpha value is -3.25. The van der Waals surface area contributed by atoms with E-state index in [2.05, 4.69) is 17.1 Å². The summed E-state index contributed by atoms with van der Waals surface area (Å²) in [6.07, 6.45) is 1.18. The van der Waals surface area contributed by atoms with Gasteiger partial charge in [0.15, 0.2) is 0 Å². The Bertz CT molecular complexity index is 1210. The zero-order valence-corrected chi connectivity index (χ0v) is 17.0. The van der Waals surface area contributed by atoms with Crippen LogP contribution in [0.1, 0.15) is 13.8 Å². The van der Waals surface area contributed by atoms with Gasteiger partial charge >= 0.3 is 5.97 Å². The van der Waals surface area contributed by atoms with E-state index in [1.54, 1.807) is 13.8 Å². The zero-order chi connectivity index (χ0) is 20.4. The average Bonchev–Trinajstić information content (AvgIpc) is 3.15. The molecule has 29 heavy (non-hydrogen) atoms. The molecule has 0 N–H and O–H groups in total. The second kappa shape index (κ2) is 8.01. The number of thiophene rings is 1. The second-order valence-corrected chi connectivity index (χ2v) is 7.85. The zero-order valence-electron chi connectivity index (χ0n) is 16.2. The van der Waals surface area contributed by atoms with Crippen LogP contribution in [0.15, 0.2) is 71.1 Å². The van der Waals surface area contributed by atoms with Crippen LogP contribution in [-0.4, -0.2) is 21.6 Å². The molecule has 2 aromatic carbocycles. The van der Waals surface area contributed by atoms with Crippen molar-refractivity contribution in [2.24, 2.45) is 0 Å². The van der Waals surface area contributed by atoms with Gasteiger partial charge in [0, 0.05) is 10.9 Å². The molecule has 0 saturated heterocycles. The molecule has 0 saturated carbocycles. The Labute approximate surface area is 172 Å². The molecular weight excluding hydrogens is 384 g/mol. The number of ether oxygens (including phenoxy) is 1. The van der Waals surface area contributed by atoms with Crippen LogP contribution in [-0.2, 0) is 16.1 Å². The minimum absolute atomic E-state index is 0.151. The smallest absolute Gasteiger partial charge is 0.326 e. The van der Waals surface area contributed by atoms with E-state index in [1.807, 2.05) is 47.8 Å². The third-order valence-corrected chi connectivity index (χ3v) is 5.42. The minimum atomic E-state index is -0.452. The molecule has 0 aliphatic carbocycles. The van der Waals surface area contributed by atoms with E-state index < -0.39 is 5.97 Å². The van der Waals surface area contributed by atoms with Gasteiger partial charge in [0.05, 0.1) is 17.8 Å². The predicted molar refractivity (Wildman–Crippen MR) is 116 cm³/mol. The van der Waals surface area contributed by atoms with Gasteiger partial charge in [-0.05, 0) is 30.5 Å². The van der Waals surface area contributed by atoms with Crippen molar-refractivity contribution in [2.75, 3.05) is 0 Å². The molecule has 4 aromatic rings. The normalized spacial score (nSPS) is 11.1. The van der Waals surface area contributed by atoms with Crippen LogP contribution in [0.25, 0.3) is 32.5 Å². The molecule has 0 aliphatic heterocycles. The SMILES string of the molecule is CC(C)OC(=O)Cn1cnc2scc(-c3ccc(-c4ccccc4)cc3)c2c1=O. The lowest BCUT2D eigenvalue weighted by atomic mass is 10.0. The number of nitrogens with zero attached hydrogens (tertiary/aromatic N) is 2. The summed E-state index contributed by atoms with van der Waals surface area (Å²) in [6.45, 7) is 3.40. The first-order valence-corrected chi connectivity index (χ1v) is 10.2. The summed E-state index contributed by atoms with van der Waals surface area (Å²) in [5, 5.41) is 2.47. The van der Waals surface area contributed by atoms with Gasteiger partial charge in [0.1, 0.15) is 11.4 Å². The summed E-state index contributed by atoms with van der Waals surface area (Å²) in [5.74, 6) is -0.452. The van der Waals surface area contributed by atoms with Crippen LogP contribution < -0.4 is 5.56 Å². The number of carbonyl (C=O) groups excluding carboxylic acids is 1. The predicted octanol–water partition coefficient (Wildman–Crippen LogP) is 4.74. The lowest BCUT2D eigenvalue weighted by Gasteiger charge is -2.09. The number of hydrogen-bond donors (Lipinski definition) is 0. The van der Waals surface area contributed by atoms with Gasteiger partial charge in [-0.25, -0.2) is 4.98 Å². The highest BCUT2D eigenvalue weighted by Crippen LogP contribution is 2.32. The average molecular weight is 404 g/mol. The van der Waals surface area contributed by atoms with Gasteiger partial charge in [-0.2, -0.15) is 0 Å². The fourth-order valence-electron chi connectivity index (χ4n) is 3.20. The molecule has 0 unspecified atom stereocenters. The molecule has 2 heterocycles. The monoisotopic (exact) mass is 404 g/mol. The van der Waals surface area contributed by atoms with Crippen molar-refractivity contribution >= 4 is 27.5 Å². The summed E-state index contributed by atoms with van der Waals surface area (Å²) in [6, 6.07) is 18.2. The molecular formula is C23H20N2O3S. The van der Waals surface area contributed by atoms with Crippen LogP contribution in [0, 0.1) is 0 Å². The van der Waals surface area contributed by atoms with E-state index in [0.717, 1.165) is 22.3 Å². The Morgan fingerprint density at radius 1 is 1.03 bits per heavy atom. The first-order valence-electron chi connectivity index (χ1n) is 9.35. The van der Waals surface area contributed by atoms with Crippen molar-refractivity contribution in [3.05, 3.63) is 76.7 Å². The van der Waals surface area contributed by atoms with E-state index in [9.17, 15) is 9.59 Å². The molecule has 0 amide bonds. The molecule has 2 aromatic heterocycles. The third-order valence-electron chi connectivity index (χ3n) is 4.53. The lowest BCUT2D eigenvalue weighted by molar-refractivity contribution is -0.148. The van der Waals surface area contributed by atoms with E-state index >= 15 is 0 Å². The van der Waals surface area contributed by atoms with Crippen LogP contribution in [0.4, 0.5) is 0 Å². The highest BCUT2D eigenvalue weighted by Gasteiger charge is 2.15. The fourth-order valence-corrected chi connectivity index (χ4v) is 4.11.